The fourth-order valence-corrected chi connectivity index (χ4v) is 3.99. The van der Waals surface area contributed by atoms with Gasteiger partial charge in [0.2, 0.25) is 10.0 Å². The molecule has 28 heavy (non-hydrogen) atoms. The standard InChI is InChI=1S/C19H16N4O3S2/c1-2-9-22-28(25,26)16-5-3-15(4-6-16)19(24)21-12-18-23-17(13-27-18)14-7-10-20-11-8-14/h1,3-8,10-11,13,22H,9,12H2,(H,21,24). The van der Waals surface area contributed by atoms with Gasteiger partial charge in [-0.2, -0.15) is 4.72 Å². The molecule has 0 fully saturated rings. The number of nitrogens with zero attached hydrogens (tertiary/aromatic N) is 2. The van der Waals surface area contributed by atoms with E-state index in [1.54, 1.807) is 12.4 Å². The molecule has 0 atom stereocenters. The molecule has 2 heterocycles. The molecule has 0 bridgehead atoms. The van der Waals surface area contributed by atoms with E-state index in [2.05, 4.69) is 25.9 Å². The van der Waals surface area contributed by atoms with Crippen molar-refractivity contribution in [2.75, 3.05) is 6.54 Å². The highest BCUT2D eigenvalue weighted by Crippen LogP contribution is 2.21. The molecule has 1 aromatic carbocycles. The van der Waals surface area contributed by atoms with Crippen LogP contribution < -0.4 is 10.0 Å². The van der Waals surface area contributed by atoms with E-state index < -0.39 is 10.0 Å². The molecule has 1 amide bonds. The normalized spacial score (nSPS) is 11.0. The van der Waals surface area contributed by atoms with E-state index in [4.69, 9.17) is 6.42 Å². The van der Waals surface area contributed by atoms with Crippen LogP contribution in [0.4, 0.5) is 0 Å². The Morgan fingerprint density at radius 3 is 2.54 bits per heavy atom. The third-order valence-corrected chi connectivity index (χ3v) is 5.99. The minimum atomic E-state index is -3.68. The Labute approximate surface area is 166 Å². The first-order valence-corrected chi connectivity index (χ1v) is 10.5. The van der Waals surface area contributed by atoms with Crippen molar-refractivity contribution in [1.82, 2.24) is 20.0 Å². The maximum absolute atomic E-state index is 12.3. The van der Waals surface area contributed by atoms with Crippen molar-refractivity contribution in [2.45, 2.75) is 11.4 Å². The number of thiazole rings is 1. The smallest absolute Gasteiger partial charge is 0.251 e. The molecule has 0 saturated heterocycles. The van der Waals surface area contributed by atoms with E-state index in [1.165, 1.54) is 35.6 Å². The summed E-state index contributed by atoms with van der Waals surface area (Å²) in [7, 11) is -3.68. The van der Waals surface area contributed by atoms with Crippen molar-refractivity contribution in [2.24, 2.45) is 0 Å². The van der Waals surface area contributed by atoms with Crippen molar-refractivity contribution in [3.63, 3.8) is 0 Å². The lowest BCUT2D eigenvalue weighted by Crippen LogP contribution is -2.25. The number of hydrogen-bond donors (Lipinski definition) is 2. The van der Waals surface area contributed by atoms with Crippen LogP contribution in [0.5, 0.6) is 0 Å². The fraction of sp³-hybridized carbons (Fsp3) is 0.105. The molecule has 0 aliphatic carbocycles. The number of aromatic nitrogens is 2. The monoisotopic (exact) mass is 412 g/mol. The van der Waals surface area contributed by atoms with Crippen LogP contribution in [-0.2, 0) is 16.6 Å². The number of terminal acetylenes is 1. The highest BCUT2D eigenvalue weighted by Gasteiger charge is 2.14. The first-order chi connectivity index (χ1) is 13.5. The van der Waals surface area contributed by atoms with Crippen LogP contribution in [-0.4, -0.2) is 30.8 Å². The quantitative estimate of drug-likeness (QED) is 0.579. The lowest BCUT2D eigenvalue weighted by atomic mass is 10.2. The van der Waals surface area contributed by atoms with Gasteiger partial charge in [0.15, 0.2) is 0 Å². The lowest BCUT2D eigenvalue weighted by Gasteiger charge is -2.06. The van der Waals surface area contributed by atoms with Crippen LogP contribution in [0.25, 0.3) is 11.3 Å². The number of amides is 1. The summed E-state index contributed by atoms with van der Waals surface area (Å²) < 4.78 is 26.2. The van der Waals surface area contributed by atoms with Gasteiger partial charge < -0.3 is 5.32 Å². The van der Waals surface area contributed by atoms with Gasteiger partial charge >= 0.3 is 0 Å². The summed E-state index contributed by atoms with van der Waals surface area (Å²) in [6, 6.07) is 9.35. The summed E-state index contributed by atoms with van der Waals surface area (Å²) in [4.78, 5) is 20.8. The molecule has 3 rings (SSSR count). The van der Waals surface area contributed by atoms with E-state index in [-0.39, 0.29) is 23.9 Å². The van der Waals surface area contributed by atoms with E-state index in [9.17, 15) is 13.2 Å². The predicted molar refractivity (Wildman–Crippen MR) is 107 cm³/mol. The van der Waals surface area contributed by atoms with Gasteiger partial charge in [-0.3, -0.25) is 9.78 Å². The second kappa shape index (κ2) is 8.75. The second-order valence-electron chi connectivity index (χ2n) is 5.60. The predicted octanol–water partition coefficient (Wildman–Crippen LogP) is 2.05. The summed E-state index contributed by atoms with van der Waals surface area (Å²) in [5.41, 5.74) is 2.13. The number of pyridine rings is 1. The third-order valence-electron chi connectivity index (χ3n) is 3.72. The average molecular weight is 412 g/mol. The molecule has 0 aliphatic heterocycles. The fourth-order valence-electron chi connectivity index (χ4n) is 2.31. The molecule has 7 nitrogen and oxygen atoms in total. The molecule has 0 radical (unpaired) electrons. The molecule has 142 valence electrons. The largest absolute Gasteiger partial charge is 0.346 e. The van der Waals surface area contributed by atoms with Crippen LogP contribution >= 0.6 is 11.3 Å². The van der Waals surface area contributed by atoms with E-state index in [0.717, 1.165) is 16.3 Å². The molecular weight excluding hydrogens is 396 g/mol. The van der Waals surface area contributed by atoms with Gasteiger partial charge in [-0.1, -0.05) is 5.92 Å². The van der Waals surface area contributed by atoms with Crippen LogP contribution in [0.1, 0.15) is 15.4 Å². The number of nitrogens with one attached hydrogen (secondary N) is 2. The highest BCUT2D eigenvalue weighted by atomic mass is 32.2. The molecule has 0 saturated carbocycles. The average Bonchev–Trinajstić information content (AvgIpc) is 3.20. The van der Waals surface area contributed by atoms with Gasteiger partial charge in [0, 0.05) is 28.9 Å². The zero-order valence-electron chi connectivity index (χ0n) is 14.6. The third kappa shape index (κ3) is 4.80. The van der Waals surface area contributed by atoms with Gasteiger partial charge in [0.05, 0.1) is 23.7 Å². The summed E-state index contributed by atoms with van der Waals surface area (Å²) >= 11 is 1.45. The van der Waals surface area contributed by atoms with Crippen molar-refractivity contribution in [3.05, 3.63) is 64.7 Å². The van der Waals surface area contributed by atoms with Crippen molar-refractivity contribution in [3.8, 4) is 23.6 Å². The second-order valence-corrected chi connectivity index (χ2v) is 8.31. The van der Waals surface area contributed by atoms with Crippen LogP contribution in [0.3, 0.4) is 0 Å². The van der Waals surface area contributed by atoms with Crippen LogP contribution in [0.2, 0.25) is 0 Å². The Morgan fingerprint density at radius 2 is 1.86 bits per heavy atom. The zero-order valence-corrected chi connectivity index (χ0v) is 16.3. The van der Waals surface area contributed by atoms with Gasteiger partial charge in [0.25, 0.3) is 5.91 Å². The molecule has 9 heteroatoms. The van der Waals surface area contributed by atoms with Crippen molar-refractivity contribution < 1.29 is 13.2 Å². The highest BCUT2D eigenvalue weighted by molar-refractivity contribution is 7.89. The summed E-state index contributed by atoms with van der Waals surface area (Å²) in [6.07, 6.45) is 8.45. The Hall–Kier alpha value is -3.06. The van der Waals surface area contributed by atoms with Crippen LogP contribution in [0, 0.1) is 12.3 Å². The Balaban J connectivity index is 1.61. The Morgan fingerprint density at radius 1 is 1.14 bits per heavy atom. The Bertz CT molecular complexity index is 1100. The maximum atomic E-state index is 12.3. The van der Waals surface area contributed by atoms with Crippen molar-refractivity contribution >= 4 is 27.3 Å². The van der Waals surface area contributed by atoms with Crippen molar-refractivity contribution in [1.29, 1.82) is 0 Å². The molecule has 2 N–H and O–H groups in total. The topological polar surface area (TPSA) is 101 Å². The SMILES string of the molecule is C#CCNS(=O)(=O)c1ccc(C(=O)NCc2nc(-c3ccncc3)cs2)cc1. The van der Waals surface area contributed by atoms with E-state index in [0.29, 0.717) is 5.56 Å². The molecule has 0 spiro atoms. The summed E-state index contributed by atoms with van der Waals surface area (Å²) in [5.74, 6) is 1.89. The number of hydrogen-bond acceptors (Lipinski definition) is 6. The molecule has 3 aromatic rings. The number of carbonyl (C=O) groups is 1. The van der Waals surface area contributed by atoms with Gasteiger partial charge in [-0.25, -0.2) is 13.4 Å². The van der Waals surface area contributed by atoms with Gasteiger partial charge in [0.1, 0.15) is 5.01 Å². The molecule has 0 unspecified atom stereocenters. The molecule has 0 aliphatic rings. The van der Waals surface area contributed by atoms with Crippen LogP contribution in [0.15, 0.2) is 59.1 Å². The number of carbonyl (C=O) groups excluding carboxylic acids is 1. The van der Waals surface area contributed by atoms with E-state index >= 15 is 0 Å². The first kappa shape index (κ1) is 19.7. The minimum absolute atomic E-state index is 0.0428. The summed E-state index contributed by atoms with van der Waals surface area (Å²) in [5, 5.41) is 5.46. The van der Waals surface area contributed by atoms with E-state index in [1.807, 2.05) is 17.5 Å². The number of benzene rings is 1. The molecule has 2 aromatic heterocycles. The lowest BCUT2D eigenvalue weighted by molar-refractivity contribution is 0.0950. The Kier molecular flexibility index (Phi) is 6.16. The molecular formula is C19H16N4O3S2. The minimum Gasteiger partial charge on any atom is -0.346 e. The maximum Gasteiger partial charge on any atom is 0.251 e. The zero-order chi connectivity index (χ0) is 20.0. The number of sulfonamides is 1. The summed E-state index contributed by atoms with van der Waals surface area (Å²) in [6.45, 7) is 0.179. The first-order valence-electron chi connectivity index (χ1n) is 8.16. The number of rotatable bonds is 7. The van der Waals surface area contributed by atoms with Gasteiger partial charge in [-0.15, -0.1) is 17.8 Å². The van der Waals surface area contributed by atoms with Gasteiger partial charge in [-0.05, 0) is 36.4 Å².